The number of hydrogen-bond acceptors (Lipinski definition) is 2. The minimum atomic E-state index is -1.14. The van der Waals surface area contributed by atoms with Crippen molar-refractivity contribution in [1.82, 2.24) is 0 Å². The number of anilines is 1. The molecule has 0 aliphatic carbocycles. The molecule has 1 amide bonds. The number of carboxylic acid groups (broad SMARTS) is 1. The molecule has 1 aromatic rings. The molecular formula is C10H12ClNO3. The van der Waals surface area contributed by atoms with Gasteiger partial charge in [0.25, 0.3) is 0 Å². The van der Waals surface area contributed by atoms with Crippen LogP contribution in [0.4, 0.5) is 10.5 Å². The second-order valence-corrected chi connectivity index (χ2v) is 3.60. The highest BCUT2D eigenvalue weighted by molar-refractivity contribution is 6.33. The molecule has 0 saturated carbocycles. The highest BCUT2D eigenvalue weighted by atomic mass is 35.5. The van der Waals surface area contributed by atoms with Gasteiger partial charge in [-0.3, -0.25) is 4.90 Å². The van der Waals surface area contributed by atoms with Crippen molar-refractivity contribution < 1.29 is 15.0 Å². The van der Waals surface area contributed by atoms with Crippen LogP contribution in [0.3, 0.4) is 0 Å². The van der Waals surface area contributed by atoms with E-state index in [0.29, 0.717) is 10.7 Å². The van der Waals surface area contributed by atoms with E-state index in [1.165, 1.54) is 6.92 Å². The predicted octanol–water partition coefficient (Wildman–Crippen LogP) is 2.21. The number of rotatable bonds is 3. The molecule has 15 heavy (non-hydrogen) atoms. The van der Waals surface area contributed by atoms with Crippen LogP contribution >= 0.6 is 11.6 Å². The molecule has 1 aromatic carbocycles. The summed E-state index contributed by atoms with van der Waals surface area (Å²) in [5, 5.41) is 18.5. The van der Waals surface area contributed by atoms with Crippen molar-refractivity contribution in [2.45, 2.75) is 13.0 Å². The summed E-state index contributed by atoms with van der Waals surface area (Å²) < 4.78 is 0. The Hall–Kier alpha value is -1.26. The third-order valence-electron chi connectivity index (χ3n) is 1.82. The maximum absolute atomic E-state index is 10.9. The van der Waals surface area contributed by atoms with Crippen molar-refractivity contribution in [2.75, 3.05) is 11.4 Å². The summed E-state index contributed by atoms with van der Waals surface area (Å²) in [5.41, 5.74) is 0.382. The molecular weight excluding hydrogens is 218 g/mol. The number of carbonyl (C=O) groups is 1. The van der Waals surface area contributed by atoms with Gasteiger partial charge in [-0.25, -0.2) is 4.79 Å². The Balaban J connectivity index is 2.99. The molecule has 0 aliphatic rings. The third-order valence-corrected chi connectivity index (χ3v) is 2.14. The fraction of sp³-hybridized carbons (Fsp3) is 0.300. The number of halogens is 1. The van der Waals surface area contributed by atoms with Gasteiger partial charge in [0.15, 0.2) is 0 Å². The van der Waals surface area contributed by atoms with Crippen LogP contribution in [-0.2, 0) is 0 Å². The fourth-order valence-corrected chi connectivity index (χ4v) is 1.45. The van der Waals surface area contributed by atoms with E-state index >= 15 is 0 Å². The lowest BCUT2D eigenvalue weighted by Gasteiger charge is -2.21. The fourth-order valence-electron chi connectivity index (χ4n) is 1.21. The van der Waals surface area contributed by atoms with Crippen LogP contribution in [0.15, 0.2) is 24.3 Å². The van der Waals surface area contributed by atoms with Gasteiger partial charge < -0.3 is 10.2 Å². The SMILES string of the molecule is C[C@@H](O)CN(C(=O)O)c1ccccc1Cl. The summed E-state index contributed by atoms with van der Waals surface area (Å²) in [7, 11) is 0. The van der Waals surface area contributed by atoms with E-state index in [1.807, 2.05) is 0 Å². The second kappa shape index (κ2) is 5.00. The molecule has 1 rings (SSSR count). The summed E-state index contributed by atoms with van der Waals surface area (Å²) in [6.07, 6.45) is -1.87. The molecule has 0 radical (unpaired) electrons. The van der Waals surface area contributed by atoms with Gasteiger partial charge in [0.1, 0.15) is 0 Å². The molecule has 0 aliphatic heterocycles. The molecule has 4 nitrogen and oxygen atoms in total. The zero-order valence-corrected chi connectivity index (χ0v) is 8.98. The van der Waals surface area contributed by atoms with Crippen LogP contribution in [0.5, 0.6) is 0 Å². The number of para-hydroxylation sites is 1. The molecule has 0 aromatic heterocycles. The number of amides is 1. The highest BCUT2D eigenvalue weighted by Crippen LogP contribution is 2.25. The number of aliphatic hydroxyl groups excluding tert-OH is 1. The maximum atomic E-state index is 10.9. The molecule has 2 N–H and O–H groups in total. The lowest BCUT2D eigenvalue weighted by atomic mass is 10.2. The van der Waals surface area contributed by atoms with Gasteiger partial charge in [0.2, 0.25) is 0 Å². The van der Waals surface area contributed by atoms with Gasteiger partial charge in [-0.2, -0.15) is 0 Å². The topological polar surface area (TPSA) is 60.8 Å². The van der Waals surface area contributed by atoms with Crippen LogP contribution in [0, 0.1) is 0 Å². The van der Waals surface area contributed by atoms with Gasteiger partial charge in [-0.15, -0.1) is 0 Å². The Bertz CT molecular complexity index is 354. The number of hydrogen-bond donors (Lipinski definition) is 2. The molecule has 0 saturated heterocycles. The van der Waals surface area contributed by atoms with E-state index in [2.05, 4.69) is 0 Å². The Morgan fingerprint density at radius 1 is 1.53 bits per heavy atom. The Morgan fingerprint density at radius 3 is 2.60 bits per heavy atom. The second-order valence-electron chi connectivity index (χ2n) is 3.19. The predicted molar refractivity (Wildman–Crippen MR) is 58.5 cm³/mol. The monoisotopic (exact) mass is 229 g/mol. The van der Waals surface area contributed by atoms with Gasteiger partial charge in [-0.1, -0.05) is 23.7 Å². The van der Waals surface area contributed by atoms with Crippen molar-refractivity contribution in [2.24, 2.45) is 0 Å². The van der Waals surface area contributed by atoms with Gasteiger partial charge in [0, 0.05) is 0 Å². The molecule has 0 fully saturated rings. The van der Waals surface area contributed by atoms with Crippen molar-refractivity contribution in [3.05, 3.63) is 29.3 Å². The van der Waals surface area contributed by atoms with Crippen molar-refractivity contribution in [3.63, 3.8) is 0 Å². The Kier molecular flexibility index (Phi) is 3.94. The average molecular weight is 230 g/mol. The van der Waals surface area contributed by atoms with E-state index in [-0.39, 0.29) is 6.54 Å². The molecule has 0 bridgehead atoms. The van der Waals surface area contributed by atoms with Crippen molar-refractivity contribution in [3.8, 4) is 0 Å². The van der Waals surface area contributed by atoms with E-state index < -0.39 is 12.2 Å². The maximum Gasteiger partial charge on any atom is 0.411 e. The molecule has 5 heteroatoms. The number of benzene rings is 1. The smallest absolute Gasteiger partial charge is 0.411 e. The first-order chi connectivity index (χ1) is 7.02. The molecule has 0 heterocycles. The van der Waals surface area contributed by atoms with E-state index in [4.69, 9.17) is 16.7 Å². The van der Waals surface area contributed by atoms with Crippen LogP contribution in [0.1, 0.15) is 6.92 Å². The van der Waals surface area contributed by atoms with Crippen LogP contribution in [0.25, 0.3) is 0 Å². The summed E-state index contributed by atoms with van der Waals surface area (Å²) >= 11 is 5.86. The van der Waals surface area contributed by atoms with Gasteiger partial charge >= 0.3 is 6.09 Å². The molecule has 1 atom stereocenters. The van der Waals surface area contributed by atoms with Gasteiger partial charge in [0.05, 0.1) is 23.4 Å². The lowest BCUT2D eigenvalue weighted by Crippen LogP contribution is -2.35. The molecule has 0 unspecified atom stereocenters. The van der Waals surface area contributed by atoms with Crippen molar-refractivity contribution >= 4 is 23.4 Å². The van der Waals surface area contributed by atoms with E-state index in [1.54, 1.807) is 24.3 Å². The van der Waals surface area contributed by atoms with Crippen molar-refractivity contribution in [1.29, 1.82) is 0 Å². The summed E-state index contributed by atoms with van der Waals surface area (Å²) in [6, 6.07) is 6.61. The van der Waals surface area contributed by atoms with Crippen LogP contribution < -0.4 is 4.90 Å². The number of aliphatic hydroxyl groups is 1. The minimum Gasteiger partial charge on any atom is -0.465 e. The summed E-state index contributed by atoms with van der Waals surface area (Å²) in [4.78, 5) is 12.0. The van der Waals surface area contributed by atoms with Gasteiger partial charge in [-0.05, 0) is 19.1 Å². The number of nitrogens with zero attached hydrogens (tertiary/aromatic N) is 1. The average Bonchev–Trinajstić information content (AvgIpc) is 2.15. The largest absolute Gasteiger partial charge is 0.465 e. The van der Waals surface area contributed by atoms with Crippen LogP contribution in [-0.4, -0.2) is 29.0 Å². The lowest BCUT2D eigenvalue weighted by molar-refractivity contribution is 0.180. The quantitative estimate of drug-likeness (QED) is 0.836. The van der Waals surface area contributed by atoms with E-state index in [0.717, 1.165) is 4.90 Å². The standard InChI is InChI=1S/C10H12ClNO3/c1-7(13)6-12(10(14)15)9-5-3-2-4-8(9)11/h2-5,7,13H,6H2,1H3,(H,14,15)/t7-/m1/s1. The normalized spacial score (nSPS) is 12.2. The first-order valence-electron chi connectivity index (χ1n) is 4.45. The Labute approximate surface area is 92.7 Å². The molecule has 82 valence electrons. The van der Waals surface area contributed by atoms with Crippen LogP contribution in [0.2, 0.25) is 5.02 Å². The minimum absolute atomic E-state index is 0.000926. The third kappa shape index (κ3) is 3.11. The van der Waals surface area contributed by atoms with E-state index in [9.17, 15) is 9.90 Å². The Morgan fingerprint density at radius 2 is 2.13 bits per heavy atom. The first kappa shape index (κ1) is 11.8. The zero-order valence-electron chi connectivity index (χ0n) is 8.22. The molecule has 0 spiro atoms. The summed E-state index contributed by atoms with van der Waals surface area (Å²) in [6.45, 7) is 1.52. The highest BCUT2D eigenvalue weighted by Gasteiger charge is 2.18. The first-order valence-corrected chi connectivity index (χ1v) is 4.83. The summed E-state index contributed by atoms with van der Waals surface area (Å²) in [5.74, 6) is 0. The zero-order chi connectivity index (χ0) is 11.4.